The van der Waals surface area contributed by atoms with Crippen molar-refractivity contribution in [2.75, 3.05) is 36.0 Å². The minimum atomic E-state index is -0.194. The van der Waals surface area contributed by atoms with Gasteiger partial charge in [0.2, 0.25) is 17.8 Å². The topological polar surface area (TPSA) is 105 Å². The van der Waals surface area contributed by atoms with Gasteiger partial charge in [0.05, 0.1) is 6.61 Å². The number of aromatic nitrogens is 3. The molecule has 2 amide bonds. The van der Waals surface area contributed by atoms with E-state index in [0.29, 0.717) is 69.6 Å². The first-order valence-electron chi connectivity index (χ1n) is 10.9. The second-order valence-corrected chi connectivity index (χ2v) is 8.22. The molecule has 5 rings (SSSR count). The Labute approximate surface area is 180 Å². The molecule has 0 aromatic carbocycles. The Morgan fingerprint density at radius 3 is 2.71 bits per heavy atom. The molecule has 2 aromatic heterocycles. The molecule has 0 aliphatic carbocycles. The van der Waals surface area contributed by atoms with Crippen LogP contribution in [0.5, 0.6) is 0 Å². The van der Waals surface area contributed by atoms with Crippen LogP contribution in [0.15, 0.2) is 22.9 Å². The molecular weight excluding hydrogens is 400 g/mol. The molecule has 31 heavy (non-hydrogen) atoms. The van der Waals surface area contributed by atoms with Crippen LogP contribution in [0.4, 0.5) is 11.8 Å². The molecule has 10 heteroatoms. The fraction of sp³-hybridized carbons (Fsp3) is 0.571. The van der Waals surface area contributed by atoms with Crippen molar-refractivity contribution < 1.29 is 18.8 Å². The predicted molar refractivity (Wildman–Crippen MR) is 110 cm³/mol. The third-order valence-corrected chi connectivity index (χ3v) is 6.21. The normalized spacial score (nSPS) is 22.5. The van der Waals surface area contributed by atoms with E-state index >= 15 is 0 Å². The summed E-state index contributed by atoms with van der Waals surface area (Å²) in [4.78, 5) is 48.0. The largest absolute Gasteiger partial charge is 0.449 e. The van der Waals surface area contributed by atoms with Crippen LogP contribution in [0.1, 0.15) is 49.7 Å². The molecule has 0 bridgehead atoms. The Bertz CT molecular complexity index is 970. The summed E-state index contributed by atoms with van der Waals surface area (Å²) in [7, 11) is 0. The summed E-state index contributed by atoms with van der Waals surface area (Å²) in [6.45, 7) is 4.34. The second kappa shape index (κ2) is 8.26. The van der Waals surface area contributed by atoms with Crippen LogP contribution in [-0.4, -0.2) is 58.1 Å². The lowest BCUT2D eigenvalue weighted by atomic mass is 9.95. The van der Waals surface area contributed by atoms with Crippen LogP contribution in [0.2, 0.25) is 0 Å². The van der Waals surface area contributed by atoms with Crippen molar-refractivity contribution in [3.63, 3.8) is 0 Å². The number of hydroxylamine groups is 2. The Morgan fingerprint density at radius 1 is 1.16 bits per heavy atom. The van der Waals surface area contributed by atoms with Crippen LogP contribution < -0.4 is 9.80 Å². The molecule has 0 unspecified atom stereocenters. The van der Waals surface area contributed by atoms with Crippen LogP contribution >= 0.6 is 0 Å². The standard InChI is InChI=1S/C21H26N6O4/c1-14-23-16(13-30-14)17-7-12-31-27(17)20(29)15-5-10-25(11-6-15)21-22-8-4-18(24-21)26-9-2-3-19(26)28/h4,8,13,15,17H,2-3,5-7,9-12H2,1H3/t17-/m0/s1. The van der Waals surface area contributed by atoms with Crippen molar-refractivity contribution in [1.29, 1.82) is 0 Å². The summed E-state index contributed by atoms with van der Waals surface area (Å²) in [5.74, 6) is 1.84. The van der Waals surface area contributed by atoms with E-state index in [-0.39, 0.29) is 23.8 Å². The van der Waals surface area contributed by atoms with E-state index in [9.17, 15) is 9.59 Å². The number of anilines is 2. The Kier molecular flexibility index (Phi) is 5.31. The maximum absolute atomic E-state index is 13.1. The molecule has 164 valence electrons. The van der Waals surface area contributed by atoms with Gasteiger partial charge in [0.25, 0.3) is 0 Å². The number of carbonyl (C=O) groups excluding carboxylic acids is 2. The average molecular weight is 426 g/mol. The van der Waals surface area contributed by atoms with E-state index in [4.69, 9.17) is 9.25 Å². The zero-order chi connectivity index (χ0) is 21.4. The van der Waals surface area contributed by atoms with E-state index in [1.165, 1.54) is 5.06 Å². The Morgan fingerprint density at radius 2 is 2.00 bits per heavy atom. The summed E-state index contributed by atoms with van der Waals surface area (Å²) in [5, 5.41) is 1.49. The minimum absolute atomic E-state index is 0.000126. The number of rotatable bonds is 4. The highest BCUT2D eigenvalue weighted by Crippen LogP contribution is 2.33. The quantitative estimate of drug-likeness (QED) is 0.731. The number of amides is 2. The van der Waals surface area contributed by atoms with Gasteiger partial charge in [-0.2, -0.15) is 4.98 Å². The van der Waals surface area contributed by atoms with Gasteiger partial charge in [0.1, 0.15) is 23.8 Å². The van der Waals surface area contributed by atoms with E-state index in [1.807, 2.05) is 0 Å². The molecule has 0 N–H and O–H groups in total. The Balaban J connectivity index is 1.22. The van der Waals surface area contributed by atoms with Gasteiger partial charge >= 0.3 is 0 Å². The Hall–Kier alpha value is -3.01. The van der Waals surface area contributed by atoms with Crippen LogP contribution in [0, 0.1) is 12.8 Å². The lowest BCUT2D eigenvalue weighted by Gasteiger charge is -2.34. The van der Waals surface area contributed by atoms with E-state index < -0.39 is 0 Å². The van der Waals surface area contributed by atoms with Crippen molar-refractivity contribution >= 4 is 23.6 Å². The number of hydrogen-bond donors (Lipinski definition) is 0. The highest BCUT2D eigenvalue weighted by Gasteiger charge is 2.38. The van der Waals surface area contributed by atoms with Crippen molar-refractivity contribution in [3.05, 3.63) is 30.1 Å². The summed E-state index contributed by atoms with van der Waals surface area (Å²) >= 11 is 0. The van der Waals surface area contributed by atoms with Gasteiger partial charge in [0.15, 0.2) is 5.89 Å². The highest BCUT2D eigenvalue weighted by molar-refractivity contribution is 5.94. The van der Waals surface area contributed by atoms with Crippen molar-refractivity contribution in [3.8, 4) is 0 Å². The zero-order valence-electron chi connectivity index (χ0n) is 17.6. The van der Waals surface area contributed by atoms with Gasteiger partial charge in [-0.25, -0.2) is 15.0 Å². The van der Waals surface area contributed by atoms with Gasteiger partial charge in [0, 0.05) is 51.5 Å². The van der Waals surface area contributed by atoms with Gasteiger partial charge in [-0.15, -0.1) is 0 Å². The molecule has 5 heterocycles. The number of nitrogens with zero attached hydrogens (tertiary/aromatic N) is 6. The van der Waals surface area contributed by atoms with Crippen LogP contribution in [-0.2, 0) is 14.4 Å². The molecule has 0 saturated carbocycles. The molecular formula is C21H26N6O4. The third kappa shape index (κ3) is 3.87. The van der Waals surface area contributed by atoms with Crippen LogP contribution in [0.3, 0.4) is 0 Å². The van der Waals surface area contributed by atoms with Crippen molar-refractivity contribution in [2.45, 2.75) is 45.1 Å². The van der Waals surface area contributed by atoms with E-state index in [1.54, 1.807) is 30.4 Å². The zero-order valence-corrected chi connectivity index (χ0v) is 17.6. The first kappa shape index (κ1) is 19.9. The average Bonchev–Trinajstić information content (AvgIpc) is 3.54. The summed E-state index contributed by atoms with van der Waals surface area (Å²) in [6, 6.07) is 1.58. The molecule has 3 aliphatic heterocycles. The number of hydrogen-bond acceptors (Lipinski definition) is 8. The van der Waals surface area contributed by atoms with E-state index in [0.717, 1.165) is 12.1 Å². The smallest absolute Gasteiger partial charge is 0.250 e. The maximum Gasteiger partial charge on any atom is 0.250 e. The number of piperidine rings is 1. The van der Waals surface area contributed by atoms with Gasteiger partial charge in [-0.3, -0.25) is 19.3 Å². The molecule has 10 nitrogen and oxygen atoms in total. The maximum atomic E-state index is 13.1. The highest BCUT2D eigenvalue weighted by atomic mass is 16.7. The van der Waals surface area contributed by atoms with Gasteiger partial charge in [-0.1, -0.05) is 0 Å². The first-order valence-corrected chi connectivity index (χ1v) is 10.9. The monoisotopic (exact) mass is 426 g/mol. The third-order valence-electron chi connectivity index (χ3n) is 6.21. The molecule has 3 fully saturated rings. The second-order valence-electron chi connectivity index (χ2n) is 8.22. The summed E-state index contributed by atoms with van der Waals surface area (Å²) in [5.41, 5.74) is 0.738. The summed E-state index contributed by atoms with van der Waals surface area (Å²) < 4.78 is 5.32. The molecule has 1 atom stereocenters. The van der Waals surface area contributed by atoms with Gasteiger partial charge < -0.3 is 9.32 Å². The first-order chi connectivity index (χ1) is 15.1. The summed E-state index contributed by atoms with van der Waals surface area (Å²) in [6.07, 6.45) is 6.83. The van der Waals surface area contributed by atoms with Crippen molar-refractivity contribution in [1.82, 2.24) is 20.0 Å². The SMILES string of the molecule is Cc1nc([C@@H]2CCON2C(=O)C2CCN(c3nccc(N4CCCC4=O)n3)CC2)co1. The molecule has 0 radical (unpaired) electrons. The molecule has 3 aliphatic rings. The fourth-order valence-electron chi connectivity index (χ4n) is 4.53. The van der Waals surface area contributed by atoms with Gasteiger partial charge in [-0.05, 0) is 25.3 Å². The number of aryl methyl sites for hydroxylation is 1. The minimum Gasteiger partial charge on any atom is -0.449 e. The van der Waals surface area contributed by atoms with E-state index in [2.05, 4.69) is 19.9 Å². The van der Waals surface area contributed by atoms with Crippen molar-refractivity contribution in [2.24, 2.45) is 5.92 Å². The lowest BCUT2D eigenvalue weighted by molar-refractivity contribution is -0.182. The molecule has 3 saturated heterocycles. The lowest BCUT2D eigenvalue weighted by Crippen LogP contribution is -2.42. The number of carbonyl (C=O) groups is 2. The fourth-order valence-corrected chi connectivity index (χ4v) is 4.53. The molecule has 2 aromatic rings. The van der Waals surface area contributed by atoms with Crippen LogP contribution in [0.25, 0.3) is 0 Å². The number of oxazole rings is 1. The molecule has 0 spiro atoms. The predicted octanol–water partition coefficient (Wildman–Crippen LogP) is 2.02.